The number of ketones is 1. The van der Waals surface area contributed by atoms with Crippen molar-refractivity contribution in [3.8, 4) is 0 Å². The van der Waals surface area contributed by atoms with Gasteiger partial charge in [0.1, 0.15) is 11.8 Å². The van der Waals surface area contributed by atoms with E-state index in [1.165, 1.54) is 0 Å². The van der Waals surface area contributed by atoms with Crippen LogP contribution in [0.4, 0.5) is 0 Å². The molecule has 1 rings (SSSR count). The molecule has 1 heterocycles. The molecule has 0 aromatic carbocycles. The number of piperidine rings is 1. The van der Waals surface area contributed by atoms with Crippen LogP contribution in [0.2, 0.25) is 0 Å². The van der Waals surface area contributed by atoms with Gasteiger partial charge >= 0.3 is 5.97 Å². The maximum absolute atomic E-state index is 11.2. The molecule has 1 N–H and O–H groups in total. The molecule has 14 heavy (non-hydrogen) atoms. The fourth-order valence-electron chi connectivity index (χ4n) is 1.40. The van der Waals surface area contributed by atoms with Gasteiger partial charge < -0.3 is 5.11 Å². The molecule has 0 radical (unpaired) electrons. The smallest absolute Gasteiger partial charge is 0.322 e. The second kappa shape index (κ2) is 3.66. The van der Waals surface area contributed by atoms with E-state index in [-0.39, 0.29) is 25.2 Å². The lowest BCUT2D eigenvalue weighted by molar-refractivity contribution is -0.143. The highest BCUT2D eigenvalue weighted by molar-refractivity contribution is 7.88. The van der Waals surface area contributed by atoms with Crippen molar-refractivity contribution in [3.63, 3.8) is 0 Å². The van der Waals surface area contributed by atoms with Crippen molar-refractivity contribution >= 4 is 21.8 Å². The van der Waals surface area contributed by atoms with Gasteiger partial charge in [0.25, 0.3) is 0 Å². The van der Waals surface area contributed by atoms with Gasteiger partial charge in [0, 0.05) is 6.42 Å². The van der Waals surface area contributed by atoms with Crippen molar-refractivity contribution in [1.82, 2.24) is 4.31 Å². The van der Waals surface area contributed by atoms with Crippen LogP contribution in [0, 0.1) is 0 Å². The van der Waals surface area contributed by atoms with Crippen LogP contribution in [0.3, 0.4) is 0 Å². The number of aliphatic carboxylic acids is 1. The highest BCUT2D eigenvalue weighted by Crippen LogP contribution is 2.17. The van der Waals surface area contributed by atoms with E-state index in [1.54, 1.807) is 0 Å². The molecule has 1 saturated heterocycles. The fourth-order valence-corrected chi connectivity index (χ4v) is 2.44. The Morgan fingerprint density at radius 3 is 2.57 bits per heavy atom. The molecule has 7 heteroatoms. The Hall–Kier alpha value is -0.950. The van der Waals surface area contributed by atoms with Crippen LogP contribution in [-0.4, -0.2) is 48.4 Å². The number of nitrogens with zero attached hydrogens (tertiary/aromatic N) is 1. The van der Waals surface area contributed by atoms with Crippen molar-refractivity contribution in [2.45, 2.75) is 18.9 Å². The zero-order valence-corrected chi connectivity index (χ0v) is 8.45. The molecule has 0 aromatic heterocycles. The first-order valence-corrected chi connectivity index (χ1v) is 5.88. The van der Waals surface area contributed by atoms with Gasteiger partial charge in [-0.3, -0.25) is 9.59 Å². The maximum Gasteiger partial charge on any atom is 0.322 e. The third kappa shape index (κ3) is 2.30. The SMILES string of the molecule is CS(=O)(=O)N1CC(=O)CCC1C(=O)O. The molecular weight excluding hydrogens is 210 g/mol. The van der Waals surface area contributed by atoms with Crippen molar-refractivity contribution < 1.29 is 23.1 Å². The summed E-state index contributed by atoms with van der Waals surface area (Å²) in [7, 11) is -3.62. The molecule has 1 aliphatic rings. The second-order valence-corrected chi connectivity index (χ2v) is 5.17. The number of carboxylic acid groups (broad SMARTS) is 1. The van der Waals surface area contributed by atoms with Gasteiger partial charge in [-0.2, -0.15) is 4.31 Å². The Labute approximate surface area is 81.6 Å². The third-order valence-corrected chi connectivity index (χ3v) is 3.32. The molecule has 0 amide bonds. The van der Waals surface area contributed by atoms with Crippen molar-refractivity contribution in [3.05, 3.63) is 0 Å². The van der Waals surface area contributed by atoms with Gasteiger partial charge in [-0.05, 0) is 6.42 Å². The van der Waals surface area contributed by atoms with Crippen LogP contribution in [0.5, 0.6) is 0 Å². The van der Waals surface area contributed by atoms with Crippen molar-refractivity contribution in [2.75, 3.05) is 12.8 Å². The van der Waals surface area contributed by atoms with Gasteiger partial charge in [-0.15, -0.1) is 0 Å². The number of rotatable bonds is 2. The first-order valence-electron chi connectivity index (χ1n) is 4.03. The average molecular weight is 221 g/mol. The Morgan fingerprint density at radius 2 is 2.14 bits per heavy atom. The summed E-state index contributed by atoms with van der Waals surface area (Å²) in [6.07, 6.45) is 1.09. The maximum atomic E-state index is 11.2. The van der Waals surface area contributed by atoms with E-state index in [0.29, 0.717) is 0 Å². The molecule has 0 saturated carbocycles. The normalized spacial score (nSPS) is 24.9. The molecule has 1 atom stereocenters. The Morgan fingerprint density at radius 1 is 1.57 bits per heavy atom. The summed E-state index contributed by atoms with van der Waals surface area (Å²) in [5.41, 5.74) is 0. The van der Waals surface area contributed by atoms with E-state index < -0.39 is 22.0 Å². The molecule has 1 fully saturated rings. The summed E-state index contributed by atoms with van der Waals surface area (Å²) in [5, 5.41) is 8.74. The number of Topliss-reactive ketones (excluding diaryl/α,β-unsaturated/α-hetero) is 1. The summed E-state index contributed by atoms with van der Waals surface area (Å²) in [5.74, 6) is -1.45. The molecule has 0 bridgehead atoms. The van der Waals surface area contributed by atoms with E-state index in [1.807, 2.05) is 0 Å². The molecule has 1 aliphatic heterocycles. The minimum atomic E-state index is -3.62. The number of carboxylic acids is 1. The monoisotopic (exact) mass is 221 g/mol. The zero-order chi connectivity index (χ0) is 10.9. The standard InChI is InChI=1S/C7H11NO5S/c1-14(12,13)8-4-5(9)2-3-6(8)7(10)11/h6H,2-4H2,1H3,(H,10,11). The van der Waals surface area contributed by atoms with Crippen LogP contribution in [0.1, 0.15) is 12.8 Å². The lowest BCUT2D eigenvalue weighted by atomic mass is 10.0. The summed E-state index contributed by atoms with van der Waals surface area (Å²) in [6, 6.07) is -1.09. The highest BCUT2D eigenvalue weighted by Gasteiger charge is 2.37. The van der Waals surface area contributed by atoms with Crippen LogP contribution in [0.25, 0.3) is 0 Å². The minimum Gasteiger partial charge on any atom is -0.480 e. The predicted octanol–water partition coefficient (Wildman–Crippen LogP) is -0.936. The van der Waals surface area contributed by atoms with E-state index in [9.17, 15) is 18.0 Å². The van der Waals surface area contributed by atoms with Gasteiger partial charge in [-0.1, -0.05) is 0 Å². The first kappa shape index (κ1) is 11.1. The van der Waals surface area contributed by atoms with E-state index in [0.717, 1.165) is 10.6 Å². The topological polar surface area (TPSA) is 91.8 Å². The predicted molar refractivity (Wildman–Crippen MR) is 47.2 cm³/mol. The van der Waals surface area contributed by atoms with Crippen LogP contribution in [-0.2, 0) is 19.6 Å². The van der Waals surface area contributed by atoms with Crippen LogP contribution >= 0.6 is 0 Å². The summed E-state index contributed by atoms with van der Waals surface area (Å²) in [4.78, 5) is 21.7. The number of hydrogen-bond donors (Lipinski definition) is 1. The summed E-state index contributed by atoms with van der Waals surface area (Å²) in [6.45, 7) is -0.324. The number of sulfonamides is 1. The Balaban J connectivity index is 2.96. The highest BCUT2D eigenvalue weighted by atomic mass is 32.2. The largest absolute Gasteiger partial charge is 0.480 e. The Kier molecular flexibility index (Phi) is 2.91. The van der Waals surface area contributed by atoms with Crippen molar-refractivity contribution in [2.24, 2.45) is 0 Å². The van der Waals surface area contributed by atoms with Gasteiger partial charge in [0.2, 0.25) is 10.0 Å². The number of carbonyl (C=O) groups is 2. The number of hydrogen-bond acceptors (Lipinski definition) is 4. The lowest BCUT2D eigenvalue weighted by Crippen LogP contribution is -2.50. The van der Waals surface area contributed by atoms with Crippen molar-refractivity contribution in [1.29, 1.82) is 0 Å². The molecule has 0 aromatic rings. The van der Waals surface area contributed by atoms with E-state index in [2.05, 4.69) is 0 Å². The first-order chi connectivity index (χ1) is 6.32. The van der Waals surface area contributed by atoms with E-state index >= 15 is 0 Å². The minimum absolute atomic E-state index is 0.0568. The number of carbonyl (C=O) groups excluding carboxylic acids is 1. The molecule has 80 valence electrons. The molecular formula is C7H11NO5S. The molecule has 0 aliphatic carbocycles. The molecule has 1 unspecified atom stereocenters. The Bertz CT molecular complexity index is 360. The molecule has 6 nitrogen and oxygen atoms in total. The average Bonchev–Trinajstić information content (AvgIpc) is 2.01. The van der Waals surface area contributed by atoms with Gasteiger partial charge in [0.15, 0.2) is 0 Å². The van der Waals surface area contributed by atoms with Crippen LogP contribution < -0.4 is 0 Å². The molecule has 0 spiro atoms. The third-order valence-electron chi connectivity index (χ3n) is 2.09. The van der Waals surface area contributed by atoms with Crippen LogP contribution in [0.15, 0.2) is 0 Å². The van der Waals surface area contributed by atoms with Gasteiger partial charge in [-0.25, -0.2) is 8.42 Å². The second-order valence-electron chi connectivity index (χ2n) is 3.24. The van der Waals surface area contributed by atoms with E-state index in [4.69, 9.17) is 5.11 Å². The summed E-state index contributed by atoms with van der Waals surface area (Å²) < 4.78 is 23.1. The lowest BCUT2D eigenvalue weighted by Gasteiger charge is -2.29. The van der Waals surface area contributed by atoms with Gasteiger partial charge in [0.05, 0.1) is 12.8 Å². The quantitative estimate of drug-likeness (QED) is 0.650. The fraction of sp³-hybridized carbons (Fsp3) is 0.714. The summed E-state index contributed by atoms with van der Waals surface area (Å²) >= 11 is 0. The zero-order valence-electron chi connectivity index (χ0n) is 7.63.